The number of fused-ring (bicyclic) bond motifs is 1. The van der Waals surface area contributed by atoms with Gasteiger partial charge in [0.15, 0.2) is 0 Å². The number of amides is 2. The summed E-state index contributed by atoms with van der Waals surface area (Å²) in [5, 5.41) is 10.2. The Morgan fingerprint density at radius 3 is 2.33 bits per heavy atom. The predicted octanol–water partition coefficient (Wildman–Crippen LogP) is 2.38. The summed E-state index contributed by atoms with van der Waals surface area (Å²) in [5.74, 6) is 0. The van der Waals surface area contributed by atoms with Gasteiger partial charge in [0.05, 0.1) is 22.8 Å². The molecule has 0 spiro atoms. The van der Waals surface area contributed by atoms with E-state index in [4.69, 9.17) is 0 Å². The Labute approximate surface area is 157 Å². The van der Waals surface area contributed by atoms with Gasteiger partial charge in [-0.25, -0.2) is 9.59 Å². The maximum absolute atomic E-state index is 12.4. The van der Waals surface area contributed by atoms with E-state index in [0.29, 0.717) is 12.2 Å². The molecule has 0 saturated heterocycles. The number of urea groups is 1. The van der Waals surface area contributed by atoms with Crippen LogP contribution in [0, 0.1) is 20.8 Å². The second-order valence-corrected chi connectivity index (χ2v) is 7.11. The van der Waals surface area contributed by atoms with Crippen molar-refractivity contribution in [3.05, 3.63) is 45.6 Å². The smallest absolute Gasteiger partial charge is 0.328 e. The number of nitrogens with zero attached hydrogens (tertiary/aromatic N) is 4. The van der Waals surface area contributed by atoms with Crippen LogP contribution in [-0.4, -0.2) is 31.5 Å². The maximum Gasteiger partial charge on any atom is 0.328 e. The van der Waals surface area contributed by atoms with Crippen LogP contribution >= 0.6 is 0 Å². The fraction of sp³-hybridized carbons (Fsp3) is 0.421. The quantitative estimate of drug-likeness (QED) is 0.739. The number of hydrogen-bond donors (Lipinski definition) is 2. The Morgan fingerprint density at radius 2 is 1.74 bits per heavy atom. The van der Waals surface area contributed by atoms with E-state index in [1.54, 1.807) is 23.2 Å². The number of carbonyl (C=O) groups is 1. The topological polar surface area (TPSA) is 85.9 Å². The number of carbonyl (C=O) groups excluding carboxylic acids is 1. The molecule has 0 aliphatic carbocycles. The van der Waals surface area contributed by atoms with Gasteiger partial charge in [-0.2, -0.15) is 5.10 Å². The van der Waals surface area contributed by atoms with Crippen molar-refractivity contribution in [3.8, 4) is 0 Å². The van der Waals surface area contributed by atoms with Gasteiger partial charge in [0.2, 0.25) is 0 Å². The summed E-state index contributed by atoms with van der Waals surface area (Å²) in [6, 6.07) is 5.51. The average Bonchev–Trinajstić information content (AvgIpc) is 3.05. The molecule has 0 saturated carbocycles. The number of hydrogen-bond acceptors (Lipinski definition) is 3. The van der Waals surface area contributed by atoms with Gasteiger partial charge in [-0.1, -0.05) is 0 Å². The van der Waals surface area contributed by atoms with E-state index in [9.17, 15) is 9.59 Å². The molecule has 2 heterocycles. The Hall–Kier alpha value is -3.03. The standard InChI is InChI=1S/C19H26N6O2/c1-11-7-16-17(24(6)19(27)23(16)5)9-15(11)21-18(26)20-10-14(4)25-13(3)8-12(2)22-25/h7-9,14H,10H2,1-6H3,(H2,20,21,26)/t14-/m0/s1. The number of aromatic nitrogens is 4. The predicted molar refractivity (Wildman–Crippen MR) is 106 cm³/mol. The molecule has 0 aliphatic rings. The van der Waals surface area contributed by atoms with Crippen LogP contribution in [0.3, 0.4) is 0 Å². The van der Waals surface area contributed by atoms with E-state index in [1.165, 1.54) is 0 Å². The van der Waals surface area contributed by atoms with Crippen LogP contribution in [0.4, 0.5) is 10.5 Å². The van der Waals surface area contributed by atoms with Gasteiger partial charge < -0.3 is 10.6 Å². The number of benzene rings is 1. The van der Waals surface area contributed by atoms with Crippen LogP contribution in [0.15, 0.2) is 23.0 Å². The minimum absolute atomic E-state index is 0.0444. The lowest BCUT2D eigenvalue weighted by Crippen LogP contribution is -2.33. The van der Waals surface area contributed by atoms with Crippen molar-refractivity contribution < 1.29 is 4.79 Å². The number of rotatable bonds is 4. The zero-order valence-electron chi connectivity index (χ0n) is 16.6. The molecule has 1 aromatic carbocycles. The van der Waals surface area contributed by atoms with Crippen LogP contribution in [0.25, 0.3) is 11.0 Å². The molecule has 0 aliphatic heterocycles. The Balaban J connectivity index is 1.72. The third-order valence-electron chi connectivity index (χ3n) is 4.89. The van der Waals surface area contributed by atoms with Gasteiger partial charge >= 0.3 is 11.7 Å². The number of imidazole rings is 1. The molecule has 2 amide bonds. The molecule has 8 heteroatoms. The Bertz CT molecular complexity index is 1070. The highest BCUT2D eigenvalue weighted by Crippen LogP contribution is 2.22. The second-order valence-electron chi connectivity index (χ2n) is 7.11. The first-order valence-electron chi connectivity index (χ1n) is 8.92. The van der Waals surface area contributed by atoms with E-state index < -0.39 is 0 Å². The van der Waals surface area contributed by atoms with Crippen molar-refractivity contribution >= 4 is 22.8 Å². The molecule has 27 heavy (non-hydrogen) atoms. The first-order valence-corrected chi connectivity index (χ1v) is 8.92. The number of aryl methyl sites for hydroxylation is 5. The highest BCUT2D eigenvalue weighted by molar-refractivity contribution is 5.93. The summed E-state index contributed by atoms with van der Waals surface area (Å²) >= 11 is 0. The summed E-state index contributed by atoms with van der Waals surface area (Å²) < 4.78 is 5.08. The molecule has 0 fully saturated rings. The zero-order valence-corrected chi connectivity index (χ0v) is 16.6. The molecule has 2 aromatic heterocycles. The van der Waals surface area contributed by atoms with Gasteiger partial charge in [0.25, 0.3) is 0 Å². The Kier molecular flexibility index (Phi) is 4.82. The van der Waals surface area contributed by atoms with Crippen LogP contribution in [-0.2, 0) is 14.1 Å². The summed E-state index contributed by atoms with van der Waals surface area (Å²) in [7, 11) is 3.46. The SMILES string of the molecule is Cc1cc(C)n([C@@H](C)CNC(=O)Nc2cc3c(cc2C)n(C)c(=O)n3C)n1. The summed E-state index contributed by atoms with van der Waals surface area (Å²) in [5.41, 5.74) is 5.12. The lowest BCUT2D eigenvalue weighted by atomic mass is 10.1. The normalized spacial score (nSPS) is 12.4. The minimum Gasteiger partial charge on any atom is -0.336 e. The van der Waals surface area contributed by atoms with Crippen LogP contribution in [0.2, 0.25) is 0 Å². The monoisotopic (exact) mass is 370 g/mol. The lowest BCUT2D eigenvalue weighted by molar-refractivity contribution is 0.250. The molecule has 0 bridgehead atoms. The molecule has 144 valence electrons. The van der Waals surface area contributed by atoms with Gasteiger partial charge in [-0.05, 0) is 51.5 Å². The maximum atomic E-state index is 12.4. The largest absolute Gasteiger partial charge is 0.336 e. The second kappa shape index (κ2) is 6.94. The number of anilines is 1. The summed E-state index contributed by atoms with van der Waals surface area (Å²) in [6.07, 6.45) is 0. The third kappa shape index (κ3) is 3.47. The van der Waals surface area contributed by atoms with Crippen LogP contribution in [0.5, 0.6) is 0 Å². The minimum atomic E-state index is -0.285. The van der Waals surface area contributed by atoms with E-state index in [2.05, 4.69) is 15.7 Å². The molecule has 8 nitrogen and oxygen atoms in total. The van der Waals surface area contributed by atoms with E-state index >= 15 is 0 Å². The van der Waals surface area contributed by atoms with E-state index in [0.717, 1.165) is 28.0 Å². The van der Waals surface area contributed by atoms with Gasteiger partial charge in [0, 0.05) is 32.0 Å². The molecule has 3 aromatic rings. The lowest BCUT2D eigenvalue weighted by Gasteiger charge is -2.16. The third-order valence-corrected chi connectivity index (χ3v) is 4.89. The van der Waals surface area contributed by atoms with Crippen molar-refractivity contribution in [2.24, 2.45) is 14.1 Å². The molecular formula is C19H26N6O2. The highest BCUT2D eigenvalue weighted by Gasteiger charge is 2.14. The summed E-state index contributed by atoms with van der Waals surface area (Å²) in [6.45, 7) is 8.33. The van der Waals surface area contributed by atoms with Gasteiger partial charge in [0.1, 0.15) is 0 Å². The summed E-state index contributed by atoms with van der Waals surface area (Å²) in [4.78, 5) is 24.5. The highest BCUT2D eigenvalue weighted by atomic mass is 16.2. The molecule has 0 unspecified atom stereocenters. The fourth-order valence-corrected chi connectivity index (χ4v) is 3.37. The van der Waals surface area contributed by atoms with Crippen molar-refractivity contribution in [1.82, 2.24) is 24.2 Å². The number of nitrogens with one attached hydrogen (secondary N) is 2. The zero-order chi connectivity index (χ0) is 19.9. The average molecular weight is 370 g/mol. The molecule has 1 atom stereocenters. The molecule has 3 rings (SSSR count). The molecular weight excluding hydrogens is 344 g/mol. The van der Waals surface area contributed by atoms with E-state index in [1.807, 2.05) is 50.6 Å². The van der Waals surface area contributed by atoms with Crippen molar-refractivity contribution in [2.45, 2.75) is 33.7 Å². The first kappa shape index (κ1) is 18.8. The molecule has 0 radical (unpaired) electrons. The van der Waals surface area contributed by atoms with Gasteiger partial charge in [-0.15, -0.1) is 0 Å². The van der Waals surface area contributed by atoms with Crippen molar-refractivity contribution in [1.29, 1.82) is 0 Å². The fourth-order valence-electron chi connectivity index (χ4n) is 3.37. The van der Waals surface area contributed by atoms with Crippen LogP contribution < -0.4 is 16.3 Å². The van der Waals surface area contributed by atoms with Crippen molar-refractivity contribution in [2.75, 3.05) is 11.9 Å². The van der Waals surface area contributed by atoms with Gasteiger partial charge in [-0.3, -0.25) is 13.8 Å². The van der Waals surface area contributed by atoms with Crippen molar-refractivity contribution in [3.63, 3.8) is 0 Å². The van der Waals surface area contributed by atoms with Crippen LogP contribution in [0.1, 0.15) is 29.9 Å². The molecule has 2 N–H and O–H groups in total. The Morgan fingerprint density at radius 1 is 1.11 bits per heavy atom. The first-order chi connectivity index (χ1) is 12.7. The van der Waals surface area contributed by atoms with E-state index in [-0.39, 0.29) is 17.8 Å².